The van der Waals surface area contributed by atoms with Crippen LogP contribution < -0.4 is 5.32 Å². The quantitative estimate of drug-likeness (QED) is 0.873. The van der Waals surface area contributed by atoms with Crippen molar-refractivity contribution < 1.29 is 0 Å². The first-order valence-corrected chi connectivity index (χ1v) is 8.17. The number of hydrogen-bond donors (Lipinski definition) is 1. The zero-order valence-corrected chi connectivity index (χ0v) is 13.9. The summed E-state index contributed by atoms with van der Waals surface area (Å²) in [7, 11) is 0. The zero-order chi connectivity index (χ0) is 12.6. The molecule has 0 bridgehead atoms. The molecule has 108 valence electrons. The van der Waals surface area contributed by atoms with Gasteiger partial charge in [0.1, 0.15) is 4.34 Å². The van der Waals surface area contributed by atoms with Gasteiger partial charge in [-0.2, -0.15) is 0 Å². The van der Waals surface area contributed by atoms with Crippen LogP contribution in [0.15, 0.2) is 5.38 Å². The molecule has 0 amide bonds. The van der Waals surface area contributed by atoms with Gasteiger partial charge in [0.2, 0.25) is 0 Å². The third kappa shape index (κ3) is 3.39. The molecule has 2 saturated heterocycles. The van der Waals surface area contributed by atoms with Gasteiger partial charge in [0, 0.05) is 13.1 Å². The largest absolute Gasteiger partial charge is 0.317 e. The first-order valence-electron chi connectivity index (χ1n) is 6.53. The Kier molecular flexibility index (Phi) is 5.43. The molecule has 19 heavy (non-hydrogen) atoms. The molecule has 1 spiro atoms. The lowest BCUT2D eigenvalue weighted by Gasteiger charge is -2.33. The summed E-state index contributed by atoms with van der Waals surface area (Å²) < 4.78 is 0.724. The number of nitrogens with one attached hydrogen (secondary N) is 1. The summed E-state index contributed by atoms with van der Waals surface area (Å²) in [5.41, 5.74) is 1.76. The van der Waals surface area contributed by atoms with Crippen molar-refractivity contribution in [1.29, 1.82) is 0 Å². The van der Waals surface area contributed by atoms with Gasteiger partial charge in [-0.3, -0.25) is 4.90 Å². The fraction of sp³-hybridized carbons (Fsp3) is 0.692. The fourth-order valence-electron chi connectivity index (χ4n) is 3.23. The molecule has 1 aromatic rings. The fourth-order valence-corrected chi connectivity index (χ4v) is 4.47. The molecular formula is C13H19Cl3N2S. The van der Waals surface area contributed by atoms with Crippen LogP contribution in [0.4, 0.5) is 0 Å². The number of hydrogen-bond acceptors (Lipinski definition) is 3. The molecule has 0 atom stereocenters. The van der Waals surface area contributed by atoms with Gasteiger partial charge in [-0.15, -0.1) is 23.7 Å². The molecule has 0 saturated carbocycles. The Morgan fingerprint density at radius 3 is 2.63 bits per heavy atom. The third-order valence-corrected chi connectivity index (χ3v) is 6.24. The molecule has 0 radical (unpaired) electrons. The highest BCUT2D eigenvalue weighted by molar-refractivity contribution is 7.15. The lowest BCUT2D eigenvalue weighted by Crippen LogP contribution is -2.38. The van der Waals surface area contributed by atoms with Gasteiger partial charge < -0.3 is 5.32 Å². The summed E-state index contributed by atoms with van der Waals surface area (Å²) in [5.74, 6) is 0. The number of thiophene rings is 1. The Morgan fingerprint density at radius 2 is 2.00 bits per heavy atom. The zero-order valence-electron chi connectivity index (χ0n) is 10.8. The number of rotatable bonds is 2. The van der Waals surface area contributed by atoms with Crippen LogP contribution in [-0.4, -0.2) is 31.1 Å². The first kappa shape index (κ1) is 15.9. The van der Waals surface area contributed by atoms with Crippen molar-refractivity contribution in [3.8, 4) is 0 Å². The van der Waals surface area contributed by atoms with E-state index in [-0.39, 0.29) is 12.4 Å². The monoisotopic (exact) mass is 340 g/mol. The number of likely N-dealkylation sites (tertiary alicyclic amines) is 1. The van der Waals surface area contributed by atoms with Crippen molar-refractivity contribution in [1.82, 2.24) is 10.2 Å². The van der Waals surface area contributed by atoms with Gasteiger partial charge >= 0.3 is 0 Å². The van der Waals surface area contributed by atoms with Crippen LogP contribution in [0, 0.1) is 5.41 Å². The van der Waals surface area contributed by atoms with Crippen molar-refractivity contribution in [2.75, 3.05) is 26.2 Å². The third-order valence-electron chi connectivity index (χ3n) is 4.33. The van der Waals surface area contributed by atoms with E-state index in [0.717, 1.165) is 15.9 Å². The van der Waals surface area contributed by atoms with Crippen LogP contribution >= 0.6 is 46.9 Å². The van der Waals surface area contributed by atoms with Crippen molar-refractivity contribution in [2.45, 2.75) is 25.8 Å². The van der Waals surface area contributed by atoms with Gasteiger partial charge in [-0.25, -0.2) is 0 Å². The van der Waals surface area contributed by atoms with Crippen LogP contribution in [0.1, 0.15) is 24.8 Å². The van der Waals surface area contributed by atoms with Gasteiger partial charge in [-0.05, 0) is 55.3 Å². The Morgan fingerprint density at radius 1 is 1.26 bits per heavy atom. The number of halogens is 3. The minimum Gasteiger partial charge on any atom is -0.317 e. The van der Waals surface area contributed by atoms with E-state index >= 15 is 0 Å². The summed E-state index contributed by atoms with van der Waals surface area (Å²) >= 11 is 13.8. The highest BCUT2D eigenvalue weighted by atomic mass is 35.5. The van der Waals surface area contributed by atoms with E-state index in [1.54, 1.807) is 0 Å². The van der Waals surface area contributed by atoms with Crippen molar-refractivity contribution in [3.05, 3.63) is 20.3 Å². The normalized spacial score (nSPS) is 22.6. The molecule has 1 aromatic heterocycles. The topological polar surface area (TPSA) is 15.3 Å². The second kappa shape index (κ2) is 6.50. The highest BCUT2D eigenvalue weighted by Gasteiger charge is 2.38. The molecule has 3 heterocycles. The lowest BCUT2D eigenvalue weighted by molar-refractivity contribution is 0.194. The van der Waals surface area contributed by atoms with Crippen molar-refractivity contribution in [3.63, 3.8) is 0 Å². The Labute approximate surface area is 134 Å². The van der Waals surface area contributed by atoms with Gasteiger partial charge in [-0.1, -0.05) is 23.2 Å². The number of nitrogens with zero attached hydrogens (tertiary/aromatic N) is 1. The maximum atomic E-state index is 6.21. The molecule has 0 aliphatic carbocycles. The summed E-state index contributed by atoms with van der Waals surface area (Å²) in [6, 6.07) is 0. The van der Waals surface area contributed by atoms with E-state index in [0.29, 0.717) is 5.41 Å². The maximum Gasteiger partial charge on any atom is 0.112 e. The smallest absolute Gasteiger partial charge is 0.112 e. The van der Waals surface area contributed by atoms with E-state index in [4.69, 9.17) is 23.2 Å². The van der Waals surface area contributed by atoms with Crippen molar-refractivity contribution >= 4 is 46.9 Å². The Balaban J connectivity index is 0.00000133. The molecule has 2 fully saturated rings. The summed E-state index contributed by atoms with van der Waals surface area (Å²) in [6.45, 7) is 5.73. The Bertz CT molecular complexity index is 430. The molecule has 2 aliphatic heterocycles. The molecule has 2 aliphatic rings. The van der Waals surface area contributed by atoms with Gasteiger partial charge in [0.15, 0.2) is 0 Å². The van der Waals surface area contributed by atoms with Crippen LogP contribution in [0.2, 0.25) is 9.36 Å². The van der Waals surface area contributed by atoms with Crippen LogP contribution in [0.3, 0.4) is 0 Å². The standard InChI is InChI=1S/C13H18Cl2N2S.ClH/c14-11-10(8-18-12(11)15)7-17-6-3-13(9-17)1-4-16-5-2-13;/h8,16H,1-7,9H2;1H. The molecule has 3 rings (SSSR count). The molecule has 0 unspecified atom stereocenters. The molecule has 0 aromatic carbocycles. The second-order valence-corrected chi connectivity index (χ2v) is 7.42. The van der Waals surface area contributed by atoms with Gasteiger partial charge in [0.25, 0.3) is 0 Å². The van der Waals surface area contributed by atoms with Crippen LogP contribution in [0.25, 0.3) is 0 Å². The second-order valence-electron chi connectivity index (χ2n) is 5.56. The molecule has 6 heteroatoms. The Hall–Kier alpha value is 0.490. The molecular weight excluding hydrogens is 323 g/mol. The predicted octanol–water partition coefficient (Wildman–Crippen LogP) is 4.05. The van der Waals surface area contributed by atoms with E-state index in [1.165, 1.54) is 62.3 Å². The number of piperidine rings is 1. The first-order chi connectivity index (χ1) is 8.69. The molecule has 1 N–H and O–H groups in total. The molecule has 2 nitrogen and oxygen atoms in total. The van der Waals surface area contributed by atoms with E-state index in [9.17, 15) is 0 Å². The predicted molar refractivity (Wildman–Crippen MR) is 86.0 cm³/mol. The van der Waals surface area contributed by atoms with Crippen LogP contribution in [0.5, 0.6) is 0 Å². The maximum absolute atomic E-state index is 6.21. The van der Waals surface area contributed by atoms with Crippen LogP contribution in [-0.2, 0) is 6.54 Å². The summed E-state index contributed by atoms with van der Waals surface area (Å²) in [6.07, 6.45) is 3.98. The summed E-state index contributed by atoms with van der Waals surface area (Å²) in [5, 5.41) is 6.31. The van der Waals surface area contributed by atoms with E-state index in [2.05, 4.69) is 15.6 Å². The SMILES string of the molecule is Cl.Clc1scc(CN2CCC3(CCNCC3)C2)c1Cl. The highest BCUT2D eigenvalue weighted by Crippen LogP contribution is 2.40. The minimum atomic E-state index is 0. The lowest BCUT2D eigenvalue weighted by atomic mass is 9.78. The average molecular weight is 342 g/mol. The van der Waals surface area contributed by atoms with E-state index in [1.807, 2.05) is 0 Å². The minimum absolute atomic E-state index is 0. The van der Waals surface area contributed by atoms with E-state index < -0.39 is 0 Å². The van der Waals surface area contributed by atoms with Gasteiger partial charge in [0.05, 0.1) is 5.02 Å². The summed E-state index contributed by atoms with van der Waals surface area (Å²) in [4.78, 5) is 2.54. The average Bonchev–Trinajstić information content (AvgIpc) is 2.90. The van der Waals surface area contributed by atoms with Crippen molar-refractivity contribution in [2.24, 2.45) is 5.41 Å².